The number of aryl methyl sites for hydroxylation is 1. The number of likely N-dealkylation sites (tertiary alicyclic amines) is 1. The molecule has 0 spiro atoms. The van der Waals surface area contributed by atoms with Crippen LogP contribution in [0.4, 0.5) is 19.2 Å². The van der Waals surface area contributed by atoms with E-state index in [1.807, 2.05) is 49.4 Å². The van der Waals surface area contributed by atoms with Crippen LogP contribution in [0.1, 0.15) is 29.8 Å². The van der Waals surface area contributed by atoms with Gasteiger partial charge in [-0.1, -0.05) is 42.5 Å². The molecule has 3 atom stereocenters. The zero-order valence-electron chi connectivity index (χ0n) is 20.0. The highest BCUT2D eigenvalue weighted by atomic mass is 32.1. The summed E-state index contributed by atoms with van der Waals surface area (Å²) < 4.78 is 54.3. The van der Waals surface area contributed by atoms with Gasteiger partial charge in [0, 0.05) is 26.2 Å². The monoisotopic (exact) mass is 516 g/mol. The molecule has 2 aromatic carbocycles. The summed E-state index contributed by atoms with van der Waals surface area (Å²) in [4.78, 5) is 11.8. The first-order valence-corrected chi connectivity index (χ1v) is 12.6. The van der Waals surface area contributed by atoms with Crippen molar-refractivity contribution in [3.05, 3.63) is 65.3 Å². The second-order valence-electron chi connectivity index (χ2n) is 8.86. The first-order chi connectivity index (χ1) is 17.3. The van der Waals surface area contributed by atoms with E-state index in [0.29, 0.717) is 29.8 Å². The maximum Gasteiger partial charge on any atom is 0.393 e. The summed E-state index contributed by atoms with van der Waals surface area (Å²) in [5, 5.41) is 3.86. The summed E-state index contributed by atoms with van der Waals surface area (Å²) in [6.45, 7) is 2.35. The van der Waals surface area contributed by atoms with Crippen LogP contribution >= 0.6 is 11.3 Å². The van der Waals surface area contributed by atoms with Crippen molar-refractivity contribution < 1.29 is 22.3 Å². The molecule has 1 fully saturated rings. The number of ether oxygens (including phenoxy) is 1. The molecule has 0 bridgehead atoms. The Bertz CT molecular complexity index is 1270. The Morgan fingerprint density at radius 2 is 1.89 bits per heavy atom. The minimum atomic E-state index is -4.36. The van der Waals surface area contributed by atoms with E-state index in [2.05, 4.69) is 10.3 Å². The molecule has 0 amide bonds. The van der Waals surface area contributed by atoms with Gasteiger partial charge in [-0.15, -0.1) is 11.3 Å². The number of fused-ring (bicyclic) bond motifs is 1. The highest BCUT2D eigenvalue weighted by Gasteiger charge is 2.50. The molecule has 0 radical (unpaired) electrons. The molecule has 0 aliphatic carbocycles. The minimum Gasteiger partial charge on any atom is -0.424 e. The molecular formula is C26H27F3N4O2S. The highest BCUT2D eigenvalue weighted by molar-refractivity contribution is 7.15. The topological polar surface area (TPSA) is 63.4 Å². The zero-order chi connectivity index (χ0) is 25.3. The van der Waals surface area contributed by atoms with Crippen molar-refractivity contribution in [2.45, 2.75) is 38.2 Å². The van der Waals surface area contributed by atoms with E-state index in [1.54, 1.807) is 17.0 Å². The summed E-state index contributed by atoms with van der Waals surface area (Å²) in [6, 6.07) is 16.3. The molecule has 5 rings (SSSR count). The Hall–Kier alpha value is -2.95. The molecule has 1 aliphatic heterocycles. The molecule has 2 aromatic heterocycles. The Balaban J connectivity index is 1.48. The van der Waals surface area contributed by atoms with Gasteiger partial charge in [-0.25, -0.2) is 4.98 Å². The van der Waals surface area contributed by atoms with Gasteiger partial charge < -0.3 is 14.5 Å². The van der Waals surface area contributed by atoms with E-state index in [4.69, 9.17) is 14.1 Å². The van der Waals surface area contributed by atoms with Gasteiger partial charge in [-0.05, 0) is 37.5 Å². The molecule has 1 N–H and O–H groups in total. The van der Waals surface area contributed by atoms with Crippen molar-refractivity contribution in [2.75, 3.05) is 25.5 Å². The summed E-state index contributed by atoms with van der Waals surface area (Å²) >= 11 is 1.51. The van der Waals surface area contributed by atoms with Gasteiger partial charge in [0.1, 0.15) is 11.2 Å². The third kappa shape index (κ3) is 4.98. The Morgan fingerprint density at radius 1 is 1.14 bits per heavy atom. The molecule has 4 aromatic rings. The second kappa shape index (κ2) is 10.2. The summed E-state index contributed by atoms with van der Waals surface area (Å²) in [5.41, 5.74) is 2.83. The van der Waals surface area contributed by atoms with E-state index < -0.39 is 24.4 Å². The van der Waals surface area contributed by atoms with Crippen molar-refractivity contribution in [2.24, 2.45) is 5.92 Å². The van der Waals surface area contributed by atoms with E-state index in [1.165, 1.54) is 18.4 Å². The molecule has 1 saturated heterocycles. The van der Waals surface area contributed by atoms with E-state index >= 15 is 0 Å². The fraction of sp³-hybridized carbons (Fsp3) is 0.385. The zero-order valence-corrected chi connectivity index (χ0v) is 20.8. The minimum absolute atomic E-state index is 0.000643. The van der Waals surface area contributed by atoms with E-state index in [0.717, 1.165) is 15.4 Å². The molecule has 0 saturated carbocycles. The van der Waals surface area contributed by atoms with Crippen molar-refractivity contribution in [3.63, 3.8) is 0 Å². The Labute approximate surface area is 211 Å². The van der Waals surface area contributed by atoms with Crippen LogP contribution in [0.2, 0.25) is 0 Å². The van der Waals surface area contributed by atoms with Gasteiger partial charge in [0.25, 0.3) is 6.01 Å². The lowest BCUT2D eigenvalue weighted by Gasteiger charge is -2.44. The summed E-state index contributed by atoms with van der Waals surface area (Å²) in [6.07, 6.45) is -4.62. The number of thiazole rings is 1. The van der Waals surface area contributed by atoms with Crippen LogP contribution in [0.5, 0.6) is 0 Å². The van der Waals surface area contributed by atoms with Crippen LogP contribution < -0.4 is 5.32 Å². The highest BCUT2D eigenvalue weighted by Crippen LogP contribution is 2.43. The third-order valence-electron chi connectivity index (χ3n) is 6.55. The molecule has 1 unspecified atom stereocenters. The van der Waals surface area contributed by atoms with E-state index in [-0.39, 0.29) is 19.0 Å². The van der Waals surface area contributed by atoms with Crippen LogP contribution in [0.25, 0.3) is 21.5 Å². The van der Waals surface area contributed by atoms with Crippen molar-refractivity contribution >= 4 is 28.5 Å². The van der Waals surface area contributed by atoms with Crippen molar-refractivity contribution in [1.29, 1.82) is 0 Å². The van der Waals surface area contributed by atoms with Gasteiger partial charge in [0.2, 0.25) is 0 Å². The number of nitrogens with one attached hydrogen (secondary N) is 1. The number of alkyl halides is 3. The van der Waals surface area contributed by atoms with Gasteiger partial charge >= 0.3 is 6.18 Å². The molecule has 3 heterocycles. The number of aromatic nitrogens is 2. The summed E-state index contributed by atoms with van der Waals surface area (Å²) in [5.74, 6) is -1.53. The second-order valence-corrected chi connectivity index (χ2v) is 10.1. The molecule has 10 heteroatoms. The number of anilines is 1. The normalized spacial score (nSPS) is 20.0. The van der Waals surface area contributed by atoms with Gasteiger partial charge in [-0.3, -0.25) is 4.90 Å². The first kappa shape index (κ1) is 24.7. The Kier molecular flexibility index (Phi) is 7.00. The predicted octanol–water partition coefficient (Wildman–Crippen LogP) is 6.66. The number of hydrogen-bond acceptors (Lipinski definition) is 7. The number of halogens is 3. The van der Waals surface area contributed by atoms with Gasteiger partial charge in [0.15, 0.2) is 11.8 Å². The lowest BCUT2D eigenvalue weighted by molar-refractivity contribution is -0.213. The Morgan fingerprint density at radius 3 is 2.61 bits per heavy atom. The standard InChI is InChI=1S/C26H27F3N4O2S/c1-16-31-22(23(36-16)17-9-4-3-5-10-17)24(34-2)33-14-8-11-18(26(27,28)29)20(33)15-30-25-32-19-12-6-7-13-21(19)35-25/h3-7,9-10,12-13,18,20,24H,8,11,14-15H2,1-2H3,(H,30,32)/t18-,20-,24?/m1/s1. The van der Waals surface area contributed by atoms with Crippen LogP contribution in [-0.4, -0.2) is 47.3 Å². The molecule has 6 nitrogen and oxygen atoms in total. The maximum absolute atomic E-state index is 14.2. The molecule has 36 heavy (non-hydrogen) atoms. The third-order valence-corrected chi connectivity index (χ3v) is 7.59. The van der Waals surface area contributed by atoms with Crippen molar-refractivity contribution in [3.8, 4) is 10.4 Å². The summed E-state index contributed by atoms with van der Waals surface area (Å²) in [7, 11) is 1.52. The number of rotatable bonds is 7. The fourth-order valence-corrected chi connectivity index (χ4v) is 5.91. The largest absolute Gasteiger partial charge is 0.424 e. The first-order valence-electron chi connectivity index (χ1n) is 11.8. The number of oxazole rings is 1. The smallest absolute Gasteiger partial charge is 0.393 e. The lowest BCUT2D eigenvalue weighted by atomic mass is 9.87. The van der Waals surface area contributed by atoms with Gasteiger partial charge in [-0.2, -0.15) is 18.2 Å². The molecular weight excluding hydrogens is 489 g/mol. The molecule has 190 valence electrons. The fourth-order valence-electron chi connectivity index (χ4n) is 4.97. The number of nitrogens with zero attached hydrogens (tertiary/aromatic N) is 3. The van der Waals surface area contributed by atoms with Crippen LogP contribution in [0, 0.1) is 12.8 Å². The average Bonchev–Trinajstić information content (AvgIpc) is 3.46. The number of benzene rings is 2. The number of piperidine rings is 1. The number of para-hydroxylation sites is 2. The van der Waals surface area contributed by atoms with Gasteiger partial charge in [0.05, 0.1) is 15.8 Å². The SMILES string of the molecule is COC(c1nc(C)sc1-c1ccccc1)N1CCC[C@@H](C(F)(F)F)[C@H]1CNc1nc2ccccc2o1. The quantitative estimate of drug-likeness (QED) is 0.296. The maximum atomic E-state index is 14.2. The number of hydrogen-bond donors (Lipinski definition) is 1. The lowest BCUT2D eigenvalue weighted by Crippen LogP contribution is -2.54. The van der Waals surface area contributed by atoms with Crippen LogP contribution in [-0.2, 0) is 4.74 Å². The number of methoxy groups -OCH3 is 1. The van der Waals surface area contributed by atoms with Crippen molar-refractivity contribution in [1.82, 2.24) is 14.9 Å². The van der Waals surface area contributed by atoms with E-state index in [9.17, 15) is 13.2 Å². The molecule has 1 aliphatic rings. The predicted molar refractivity (Wildman–Crippen MR) is 134 cm³/mol. The average molecular weight is 517 g/mol. The van der Waals surface area contributed by atoms with Crippen LogP contribution in [0.3, 0.4) is 0 Å². The van der Waals surface area contributed by atoms with Crippen LogP contribution in [0.15, 0.2) is 59.0 Å².